The van der Waals surface area contributed by atoms with Gasteiger partial charge in [-0.25, -0.2) is 9.97 Å². The van der Waals surface area contributed by atoms with Crippen LogP contribution in [0.4, 0.5) is 0 Å². The van der Waals surface area contributed by atoms with Crippen LogP contribution in [0.5, 0.6) is 0 Å². The third-order valence-electron chi connectivity index (χ3n) is 10.5. The van der Waals surface area contributed by atoms with Gasteiger partial charge in [-0.2, -0.15) is 0 Å². The van der Waals surface area contributed by atoms with Crippen molar-refractivity contribution in [3.8, 4) is 33.9 Å². The van der Waals surface area contributed by atoms with Gasteiger partial charge in [0.05, 0.1) is 44.5 Å². The molecular weight excluding hydrogens is 633 g/mol. The summed E-state index contributed by atoms with van der Waals surface area (Å²) in [6, 6.07) is 64.6. The van der Waals surface area contributed by atoms with E-state index in [1.54, 1.807) is 0 Å². The Morgan fingerprint density at radius 1 is 0.346 bits per heavy atom. The van der Waals surface area contributed by atoms with Gasteiger partial charge in [0.2, 0.25) is 0 Å². The summed E-state index contributed by atoms with van der Waals surface area (Å²) in [7, 11) is 0. The van der Waals surface area contributed by atoms with Crippen LogP contribution in [0.15, 0.2) is 182 Å². The van der Waals surface area contributed by atoms with Crippen molar-refractivity contribution in [3.63, 3.8) is 0 Å². The van der Waals surface area contributed by atoms with Gasteiger partial charge in [0, 0.05) is 44.0 Å². The van der Waals surface area contributed by atoms with Crippen molar-refractivity contribution in [3.05, 3.63) is 182 Å². The Labute approximate surface area is 299 Å². The monoisotopic (exact) mass is 662 g/mol. The van der Waals surface area contributed by atoms with Gasteiger partial charge in [0.25, 0.3) is 0 Å². The maximum absolute atomic E-state index is 5.33. The van der Waals surface area contributed by atoms with Crippen molar-refractivity contribution in [2.24, 2.45) is 0 Å². The lowest BCUT2D eigenvalue weighted by Gasteiger charge is -2.13. The van der Waals surface area contributed by atoms with Crippen molar-refractivity contribution in [1.29, 1.82) is 0 Å². The highest BCUT2D eigenvalue weighted by Crippen LogP contribution is 2.44. The van der Waals surface area contributed by atoms with E-state index in [1.165, 1.54) is 43.4 Å². The summed E-state index contributed by atoms with van der Waals surface area (Å²) in [4.78, 5) is 10.6. The number of para-hydroxylation sites is 2. The standard InChI is InChI=1S/C48H30N4/c1-4-15-32(16-5-1)46-47(33-17-6-2-7-18-33)50-40-30-35(25-27-39(40)49-46)51-41-23-13-12-22-37(41)45-43(51)29-26-38-44-36-21-11-10-14-31(36)24-28-42(44)52(48(38)45)34-19-8-3-9-20-34/h1-30H. The van der Waals surface area contributed by atoms with Crippen LogP contribution >= 0.6 is 0 Å². The SMILES string of the molecule is c1ccc(-c2nc3ccc(-n4c5ccccc5c5c4ccc4c6c7ccccc7ccc6n(-c6ccccc6)c45)cc3nc2-c2ccccc2)cc1. The van der Waals surface area contributed by atoms with Crippen molar-refractivity contribution in [1.82, 2.24) is 19.1 Å². The molecule has 0 saturated carbocycles. The first-order valence-electron chi connectivity index (χ1n) is 17.7. The molecule has 0 saturated heterocycles. The van der Waals surface area contributed by atoms with Crippen LogP contribution in [0.25, 0.3) is 99.3 Å². The second kappa shape index (κ2) is 11.2. The molecule has 8 aromatic carbocycles. The number of rotatable bonds is 4. The summed E-state index contributed by atoms with van der Waals surface area (Å²) < 4.78 is 4.85. The average Bonchev–Trinajstić information content (AvgIpc) is 3.74. The van der Waals surface area contributed by atoms with Gasteiger partial charge in [-0.05, 0) is 59.3 Å². The van der Waals surface area contributed by atoms with Crippen LogP contribution < -0.4 is 0 Å². The van der Waals surface area contributed by atoms with Gasteiger partial charge < -0.3 is 9.13 Å². The Morgan fingerprint density at radius 3 is 1.69 bits per heavy atom. The van der Waals surface area contributed by atoms with Crippen molar-refractivity contribution in [2.75, 3.05) is 0 Å². The smallest absolute Gasteiger partial charge is 0.0973 e. The molecule has 0 bridgehead atoms. The topological polar surface area (TPSA) is 35.6 Å². The summed E-state index contributed by atoms with van der Waals surface area (Å²) >= 11 is 0. The number of hydrogen-bond acceptors (Lipinski definition) is 2. The predicted molar refractivity (Wildman–Crippen MR) is 217 cm³/mol. The highest BCUT2D eigenvalue weighted by atomic mass is 15.0. The van der Waals surface area contributed by atoms with E-state index in [4.69, 9.17) is 9.97 Å². The molecule has 242 valence electrons. The molecule has 0 N–H and O–H groups in total. The molecule has 11 aromatic rings. The number of aromatic nitrogens is 4. The second-order valence-corrected chi connectivity index (χ2v) is 13.4. The van der Waals surface area contributed by atoms with E-state index in [2.05, 4.69) is 179 Å². The van der Waals surface area contributed by atoms with E-state index >= 15 is 0 Å². The molecule has 52 heavy (non-hydrogen) atoms. The molecule has 4 nitrogen and oxygen atoms in total. The number of hydrogen-bond donors (Lipinski definition) is 0. The van der Waals surface area contributed by atoms with E-state index in [-0.39, 0.29) is 0 Å². The zero-order chi connectivity index (χ0) is 34.2. The van der Waals surface area contributed by atoms with Crippen LogP contribution in [0.1, 0.15) is 0 Å². The Balaban J connectivity index is 1.23. The van der Waals surface area contributed by atoms with E-state index in [0.717, 1.165) is 56.0 Å². The Morgan fingerprint density at radius 2 is 0.942 bits per heavy atom. The fraction of sp³-hybridized carbons (Fsp3) is 0. The van der Waals surface area contributed by atoms with Crippen LogP contribution in [-0.2, 0) is 0 Å². The van der Waals surface area contributed by atoms with E-state index in [0.29, 0.717) is 0 Å². The van der Waals surface area contributed by atoms with Gasteiger partial charge in [0.15, 0.2) is 0 Å². The molecule has 0 fully saturated rings. The molecule has 0 radical (unpaired) electrons. The molecule has 0 atom stereocenters. The minimum absolute atomic E-state index is 0.855. The molecule has 4 heteroatoms. The zero-order valence-corrected chi connectivity index (χ0v) is 28.1. The molecule has 11 rings (SSSR count). The molecule has 0 unspecified atom stereocenters. The quantitative estimate of drug-likeness (QED) is 0.188. The average molecular weight is 663 g/mol. The largest absolute Gasteiger partial charge is 0.309 e. The molecule has 3 heterocycles. The number of benzene rings is 8. The first kappa shape index (κ1) is 28.8. The number of fused-ring (bicyclic) bond motifs is 10. The molecule has 0 aliphatic heterocycles. The van der Waals surface area contributed by atoms with Gasteiger partial charge in [-0.3, -0.25) is 0 Å². The van der Waals surface area contributed by atoms with Gasteiger partial charge >= 0.3 is 0 Å². The number of nitrogens with zero attached hydrogens (tertiary/aromatic N) is 4. The van der Waals surface area contributed by atoms with Crippen molar-refractivity contribution in [2.45, 2.75) is 0 Å². The van der Waals surface area contributed by atoms with Crippen LogP contribution in [0, 0.1) is 0 Å². The molecule has 0 spiro atoms. The molecular formula is C48H30N4. The summed E-state index contributed by atoms with van der Waals surface area (Å²) in [5, 5.41) is 7.47. The van der Waals surface area contributed by atoms with Crippen LogP contribution in [0.3, 0.4) is 0 Å². The molecule has 0 aliphatic carbocycles. The second-order valence-electron chi connectivity index (χ2n) is 13.4. The van der Waals surface area contributed by atoms with E-state index < -0.39 is 0 Å². The van der Waals surface area contributed by atoms with Gasteiger partial charge in [0.1, 0.15) is 0 Å². The summed E-state index contributed by atoms with van der Waals surface area (Å²) in [6.45, 7) is 0. The van der Waals surface area contributed by atoms with E-state index in [9.17, 15) is 0 Å². The summed E-state index contributed by atoms with van der Waals surface area (Å²) in [5.74, 6) is 0. The third-order valence-corrected chi connectivity index (χ3v) is 10.5. The first-order valence-corrected chi connectivity index (χ1v) is 17.7. The van der Waals surface area contributed by atoms with Gasteiger partial charge in [-0.1, -0.05) is 133 Å². The van der Waals surface area contributed by atoms with Crippen molar-refractivity contribution < 1.29 is 0 Å². The molecule has 0 amide bonds. The first-order chi connectivity index (χ1) is 25.8. The maximum Gasteiger partial charge on any atom is 0.0973 e. The van der Waals surface area contributed by atoms with Crippen LogP contribution in [-0.4, -0.2) is 19.1 Å². The zero-order valence-electron chi connectivity index (χ0n) is 28.1. The lowest BCUT2D eigenvalue weighted by Crippen LogP contribution is -1.98. The predicted octanol–water partition coefficient (Wildman–Crippen LogP) is 12.3. The Kier molecular flexibility index (Phi) is 6.22. The Bertz CT molecular complexity index is 3160. The van der Waals surface area contributed by atoms with Crippen molar-refractivity contribution >= 4 is 65.4 Å². The lowest BCUT2D eigenvalue weighted by atomic mass is 10.0. The summed E-state index contributed by atoms with van der Waals surface area (Å²) in [5.41, 5.74) is 12.5. The maximum atomic E-state index is 5.33. The van der Waals surface area contributed by atoms with E-state index in [1.807, 2.05) is 12.1 Å². The summed E-state index contributed by atoms with van der Waals surface area (Å²) in [6.07, 6.45) is 0. The minimum Gasteiger partial charge on any atom is -0.309 e. The fourth-order valence-corrected chi connectivity index (χ4v) is 8.23. The molecule has 3 aromatic heterocycles. The van der Waals surface area contributed by atoms with Crippen LogP contribution in [0.2, 0.25) is 0 Å². The Hall–Kier alpha value is -7.04. The molecule has 0 aliphatic rings. The van der Waals surface area contributed by atoms with Gasteiger partial charge in [-0.15, -0.1) is 0 Å². The highest BCUT2D eigenvalue weighted by Gasteiger charge is 2.22. The minimum atomic E-state index is 0.855. The lowest BCUT2D eigenvalue weighted by molar-refractivity contribution is 1.17. The normalized spacial score (nSPS) is 11.8. The highest BCUT2D eigenvalue weighted by molar-refractivity contribution is 6.30. The fourth-order valence-electron chi connectivity index (χ4n) is 8.23. The third kappa shape index (κ3) is 4.21.